The van der Waals surface area contributed by atoms with Crippen LogP contribution < -0.4 is 5.32 Å². The van der Waals surface area contributed by atoms with Crippen LogP contribution >= 0.6 is 0 Å². The molecule has 11 nitrogen and oxygen atoms in total. The highest BCUT2D eigenvalue weighted by molar-refractivity contribution is 6.14. The van der Waals surface area contributed by atoms with Crippen molar-refractivity contribution in [3.8, 4) is 34.2 Å². The fraction of sp³-hybridized carbons (Fsp3) is 0.280. The fourth-order valence-corrected chi connectivity index (χ4v) is 8.96. The number of nitrogens with zero attached hydrogens (tertiary/aromatic N) is 5. The Labute approximate surface area is 356 Å². The molecule has 2 aromatic heterocycles. The standard InChI is InChI=1S/C50H50N6O5/c1-30-21-35-9-7-8-10-37(35)28-56(30)50(60)44-24-38-27-55(45(58)22-33-11-13-34(14-12-33)29-61-6)20-19-36(38)23-43(44)48-47(42-25-40(26-51)53(4)31(42)2)46(32(3)54(48)5)49(59)52-39-15-17-41(57)18-16-39/h7-18,23-25,30,57H,19-22,27-29H2,1-6H3,(H,52,59)/t30-/m1/s1. The summed E-state index contributed by atoms with van der Waals surface area (Å²) >= 11 is 0. The highest BCUT2D eigenvalue weighted by Gasteiger charge is 2.35. The second-order valence-electron chi connectivity index (χ2n) is 16.4. The summed E-state index contributed by atoms with van der Waals surface area (Å²) in [5.74, 6) is -0.406. The SMILES string of the molecule is COCc1ccc(CC(=O)N2CCc3cc(-c4c(-c5cc(C#N)n(C)c5C)c(C(=O)Nc5ccc(O)cc5)c(C)n4C)c(C(=O)N4Cc5ccccc5C[C@H]4C)cc3C2)cc1. The van der Waals surface area contributed by atoms with E-state index < -0.39 is 0 Å². The molecule has 0 spiro atoms. The zero-order valence-corrected chi connectivity index (χ0v) is 35.5. The summed E-state index contributed by atoms with van der Waals surface area (Å²) in [7, 11) is 5.40. The number of carbonyl (C=O) groups excluding carboxylic acids is 3. The number of phenolic OH excluding ortho intramolecular Hbond substituents is 1. The second-order valence-corrected chi connectivity index (χ2v) is 16.4. The molecule has 0 aliphatic carbocycles. The molecule has 0 fully saturated rings. The number of fused-ring (bicyclic) bond motifs is 2. The maximum Gasteiger partial charge on any atom is 0.258 e. The summed E-state index contributed by atoms with van der Waals surface area (Å²) in [5.41, 5.74) is 12.2. The molecule has 1 atom stereocenters. The third-order valence-corrected chi connectivity index (χ3v) is 12.6. The van der Waals surface area contributed by atoms with E-state index in [2.05, 4.69) is 36.5 Å². The number of aromatic hydroxyl groups is 1. The first-order valence-electron chi connectivity index (χ1n) is 20.6. The number of aromatic nitrogens is 2. The monoisotopic (exact) mass is 814 g/mol. The molecule has 0 saturated carbocycles. The lowest BCUT2D eigenvalue weighted by atomic mass is 9.87. The van der Waals surface area contributed by atoms with Gasteiger partial charge in [-0.25, -0.2) is 0 Å². The molecule has 2 N–H and O–H groups in total. The molecular weight excluding hydrogens is 765 g/mol. The second kappa shape index (κ2) is 16.6. The number of rotatable bonds is 9. The number of phenols is 1. The number of hydrogen-bond donors (Lipinski definition) is 2. The first-order chi connectivity index (χ1) is 29.4. The van der Waals surface area contributed by atoms with Crippen LogP contribution in [0.5, 0.6) is 5.75 Å². The van der Waals surface area contributed by atoms with E-state index >= 15 is 4.79 Å². The van der Waals surface area contributed by atoms with Crippen LogP contribution in [0.3, 0.4) is 0 Å². The first-order valence-corrected chi connectivity index (χ1v) is 20.6. The Balaban J connectivity index is 1.27. The lowest BCUT2D eigenvalue weighted by Crippen LogP contribution is -2.43. The van der Waals surface area contributed by atoms with Gasteiger partial charge in [-0.1, -0.05) is 48.5 Å². The Bertz CT molecular complexity index is 2740. The zero-order chi connectivity index (χ0) is 43.1. The maximum atomic E-state index is 15.3. The van der Waals surface area contributed by atoms with Crippen LogP contribution in [0.15, 0.2) is 91.0 Å². The van der Waals surface area contributed by atoms with E-state index in [-0.39, 0.29) is 35.9 Å². The van der Waals surface area contributed by atoms with Gasteiger partial charge in [0.2, 0.25) is 5.91 Å². The van der Waals surface area contributed by atoms with Crippen molar-refractivity contribution in [2.24, 2.45) is 14.1 Å². The number of anilines is 1. The highest BCUT2D eigenvalue weighted by Crippen LogP contribution is 2.44. The van der Waals surface area contributed by atoms with Gasteiger partial charge in [0.15, 0.2) is 0 Å². The van der Waals surface area contributed by atoms with Crippen LogP contribution in [0, 0.1) is 25.2 Å². The van der Waals surface area contributed by atoms with Gasteiger partial charge >= 0.3 is 0 Å². The Kier molecular flexibility index (Phi) is 11.1. The number of nitriles is 1. The van der Waals surface area contributed by atoms with Crippen molar-refractivity contribution >= 4 is 23.4 Å². The van der Waals surface area contributed by atoms with Crippen LogP contribution in [-0.4, -0.2) is 61.5 Å². The van der Waals surface area contributed by atoms with Gasteiger partial charge < -0.3 is 34.1 Å². The molecule has 4 aromatic carbocycles. The summed E-state index contributed by atoms with van der Waals surface area (Å²) < 4.78 is 9.04. The van der Waals surface area contributed by atoms with Gasteiger partial charge in [-0.15, -0.1) is 0 Å². The van der Waals surface area contributed by atoms with Crippen molar-refractivity contribution in [2.75, 3.05) is 19.0 Å². The molecule has 3 amide bonds. The van der Waals surface area contributed by atoms with Gasteiger partial charge in [0.05, 0.1) is 24.3 Å². The zero-order valence-electron chi connectivity index (χ0n) is 35.5. The van der Waals surface area contributed by atoms with Crippen molar-refractivity contribution in [1.82, 2.24) is 18.9 Å². The van der Waals surface area contributed by atoms with Crippen molar-refractivity contribution in [2.45, 2.75) is 65.8 Å². The lowest BCUT2D eigenvalue weighted by Gasteiger charge is -2.36. The van der Waals surface area contributed by atoms with E-state index in [0.717, 1.165) is 33.5 Å². The highest BCUT2D eigenvalue weighted by atomic mass is 16.5. The lowest BCUT2D eigenvalue weighted by molar-refractivity contribution is -0.131. The molecule has 2 aliphatic rings. The average molecular weight is 815 g/mol. The third kappa shape index (κ3) is 7.71. The minimum absolute atomic E-state index is 0.0147. The number of benzene rings is 4. The largest absolute Gasteiger partial charge is 0.508 e. The number of amides is 3. The molecule has 0 saturated heterocycles. The number of methoxy groups -OCH3 is 1. The van der Waals surface area contributed by atoms with E-state index in [1.54, 1.807) is 19.2 Å². The van der Waals surface area contributed by atoms with Crippen LogP contribution in [-0.2, 0) is 62.6 Å². The van der Waals surface area contributed by atoms with Gasteiger partial charge in [0.25, 0.3) is 11.8 Å². The Morgan fingerprint density at radius 3 is 2.23 bits per heavy atom. The van der Waals surface area contributed by atoms with E-state index in [0.29, 0.717) is 89.7 Å². The molecular formula is C50H50N6O5. The van der Waals surface area contributed by atoms with Crippen molar-refractivity contribution in [3.05, 3.63) is 153 Å². The summed E-state index contributed by atoms with van der Waals surface area (Å²) in [4.78, 5) is 47.5. The summed E-state index contributed by atoms with van der Waals surface area (Å²) in [6.07, 6.45) is 1.56. The van der Waals surface area contributed by atoms with Crippen LogP contribution in [0.25, 0.3) is 22.4 Å². The smallest absolute Gasteiger partial charge is 0.258 e. The molecule has 310 valence electrons. The van der Waals surface area contributed by atoms with Crippen molar-refractivity contribution < 1.29 is 24.2 Å². The van der Waals surface area contributed by atoms with Crippen molar-refractivity contribution in [3.63, 3.8) is 0 Å². The molecule has 11 heteroatoms. The van der Waals surface area contributed by atoms with Crippen LogP contribution in [0.2, 0.25) is 0 Å². The molecule has 6 aromatic rings. The number of carbonyl (C=O) groups is 3. The predicted molar refractivity (Wildman–Crippen MR) is 235 cm³/mol. The fourth-order valence-electron chi connectivity index (χ4n) is 8.96. The number of ether oxygens (including phenoxy) is 1. The maximum absolute atomic E-state index is 15.3. The summed E-state index contributed by atoms with van der Waals surface area (Å²) in [5, 5.41) is 23.1. The van der Waals surface area contributed by atoms with Gasteiger partial charge in [-0.05, 0) is 109 Å². The van der Waals surface area contributed by atoms with Crippen LogP contribution in [0.4, 0.5) is 5.69 Å². The molecule has 0 bridgehead atoms. The predicted octanol–water partition coefficient (Wildman–Crippen LogP) is 8.00. The minimum Gasteiger partial charge on any atom is -0.508 e. The normalized spacial score (nSPS) is 14.6. The molecule has 2 aliphatic heterocycles. The topological polar surface area (TPSA) is 133 Å². The Morgan fingerprint density at radius 2 is 1.54 bits per heavy atom. The van der Waals surface area contributed by atoms with Gasteiger partial charge in [0.1, 0.15) is 17.5 Å². The van der Waals surface area contributed by atoms with Gasteiger partial charge in [0, 0.05) is 86.2 Å². The molecule has 4 heterocycles. The number of hydrogen-bond acceptors (Lipinski definition) is 6. The van der Waals surface area contributed by atoms with E-state index in [1.165, 1.54) is 17.7 Å². The Hall–Kier alpha value is -6.90. The van der Waals surface area contributed by atoms with E-state index in [4.69, 9.17) is 4.74 Å². The molecule has 8 rings (SSSR count). The summed E-state index contributed by atoms with van der Waals surface area (Å²) in [6.45, 7) is 7.72. The van der Waals surface area contributed by atoms with E-state index in [1.807, 2.05) is 95.4 Å². The van der Waals surface area contributed by atoms with Gasteiger partial charge in [-0.2, -0.15) is 5.26 Å². The van der Waals surface area contributed by atoms with E-state index in [9.17, 15) is 20.0 Å². The molecule has 0 unspecified atom stereocenters. The quantitative estimate of drug-likeness (QED) is 0.142. The van der Waals surface area contributed by atoms with Crippen LogP contribution in [0.1, 0.15) is 78.1 Å². The number of nitrogens with one attached hydrogen (secondary N) is 1. The minimum atomic E-state index is -0.364. The summed E-state index contributed by atoms with van der Waals surface area (Å²) in [6, 6.07) is 30.5. The molecule has 0 radical (unpaired) electrons. The first kappa shape index (κ1) is 40.9. The van der Waals surface area contributed by atoms with Crippen molar-refractivity contribution in [1.29, 1.82) is 5.26 Å². The third-order valence-electron chi connectivity index (χ3n) is 12.6. The average Bonchev–Trinajstić information content (AvgIpc) is 3.69. The molecule has 61 heavy (non-hydrogen) atoms. The Morgan fingerprint density at radius 1 is 0.836 bits per heavy atom. The van der Waals surface area contributed by atoms with Gasteiger partial charge in [-0.3, -0.25) is 14.4 Å².